The van der Waals surface area contributed by atoms with Crippen molar-refractivity contribution >= 4 is 29.4 Å². The fraction of sp³-hybridized carbons (Fsp3) is 0.0526. The number of non-ortho nitro benzene ring substituents is 1. The number of aromatic nitrogens is 2. The third-order valence-electron chi connectivity index (χ3n) is 4.41. The van der Waals surface area contributed by atoms with Gasteiger partial charge in [0.2, 0.25) is 0 Å². The van der Waals surface area contributed by atoms with Crippen LogP contribution >= 0.6 is 12.2 Å². The highest BCUT2D eigenvalue weighted by Crippen LogP contribution is 2.37. The summed E-state index contributed by atoms with van der Waals surface area (Å²) in [6.07, 6.45) is 1.89. The maximum Gasteiger partial charge on any atom is 0.269 e. The van der Waals surface area contributed by atoms with E-state index in [1.807, 2.05) is 36.4 Å². The van der Waals surface area contributed by atoms with Crippen LogP contribution in [-0.2, 0) is 0 Å². The summed E-state index contributed by atoms with van der Waals surface area (Å²) < 4.78 is 0.207. The average Bonchev–Trinajstić information content (AvgIpc) is 2.67. The zero-order chi connectivity index (χ0) is 19.0. The molecule has 0 radical (unpaired) electrons. The molecule has 0 aliphatic carbocycles. The fourth-order valence-corrected chi connectivity index (χ4v) is 3.39. The molecule has 2 aromatic carbocycles. The second kappa shape index (κ2) is 6.65. The molecule has 3 N–H and O–H groups in total. The molecule has 1 atom stereocenters. The van der Waals surface area contributed by atoms with Crippen LogP contribution in [0.15, 0.2) is 65.5 Å². The predicted molar refractivity (Wildman–Crippen MR) is 105 cm³/mol. The summed E-state index contributed by atoms with van der Waals surface area (Å²) in [6.45, 7) is 0. The molecule has 0 amide bonds. The Kier molecular flexibility index (Phi) is 4.17. The number of aromatic amines is 2. The molecule has 2 heterocycles. The minimum Gasteiger partial charge on any atom is -0.341 e. The monoisotopic (exact) mass is 378 g/mol. The number of benzene rings is 2. The topological polar surface area (TPSA) is 104 Å². The first kappa shape index (κ1) is 16.9. The standard InChI is InChI=1S/C19H14N4O3S/c24-18-16-14(12-7-4-8-13(9-12)23(25)26)10-15(11-5-2-1-3-6-11)20-17(16)21-19(27)22-18/h1-10,14H,(H3,20,21,22,24,27). The first-order valence-electron chi connectivity index (χ1n) is 8.18. The van der Waals surface area contributed by atoms with Gasteiger partial charge in [-0.3, -0.25) is 19.9 Å². The largest absolute Gasteiger partial charge is 0.341 e. The van der Waals surface area contributed by atoms with Crippen molar-refractivity contribution in [2.45, 2.75) is 5.92 Å². The number of fused-ring (bicyclic) bond motifs is 1. The number of nitrogens with zero attached hydrogens (tertiary/aromatic N) is 1. The van der Waals surface area contributed by atoms with E-state index < -0.39 is 10.8 Å². The molecule has 0 bridgehead atoms. The van der Waals surface area contributed by atoms with E-state index in [9.17, 15) is 14.9 Å². The molecule has 0 spiro atoms. The predicted octanol–water partition coefficient (Wildman–Crippen LogP) is 3.94. The van der Waals surface area contributed by atoms with E-state index in [1.165, 1.54) is 12.1 Å². The van der Waals surface area contributed by atoms with Gasteiger partial charge in [-0.05, 0) is 29.4 Å². The molecule has 8 heteroatoms. The van der Waals surface area contributed by atoms with Crippen LogP contribution in [0.4, 0.5) is 11.5 Å². The van der Waals surface area contributed by atoms with Crippen LogP contribution in [0.25, 0.3) is 5.70 Å². The smallest absolute Gasteiger partial charge is 0.269 e. The summed E-state index contributed by atoms with van der Waals surface area (Å²) in [5.74, 6) is 0.0218. The number of rotatable bonds is 3. The van der Waals surface area contributed by atoms with Crippen molar-refractivity contribution in [3.8, 4) is 0 Å². The molecule has 3 aromatic rings. The molecule has 0 fully saturated rings. The fourth-order valence-electron chi connectivity index (χ4n) is 3.20. The van der Waals surface area contributed by atoms with Crippen molar-refractivity contribution in [3.63, 3.8) is 0 Å². The van der Waals surface area contributed by atoms with Gasteiger partial charge in [0.15, 0.2) is 4.77 Å². The van der Waals surface area contributed by atoms with Crippen LogP contribution in [0.5, 0.6) is 0 Å². The maximum atomic E-state index is 12.6. The zero-order valence-corrected chi connectivity index (χ0v) is 14.7. The van der Waals surface area contributed by atoms with E-state index in [2.05, 4.69) is 15.3 Å². The minimum absolute atomic E-state index is 0.0254. The molecule has 1 aliphatic heterocycles. The SMILES string of the molecule is O=c1[nH]c(=S)[nH]c2c1C(c1cccc([N+](=O)[O-])c1)C=C(c1ccccc1)N2. The van der Waals surface area contributed by atoms with E-state index in [1.54, 1.807) is 12.1 Å². The number of allylic oxidation sites excluding steroid dienone is 1. The molecule has 4 rings (SSSR count). The third kappa shape index (κ3) is 3.18. The Morgan fingerprint density at radius 2 is 1.81 bits per heavy atom. The van der Waals surface area contributed by atoms with E-state index in [0.717, 1.165) is 11.3 Å². The molecule has 134 valence electrons. The van der Waals surface area contributed by atoms with Gasteiger partial charge in [-0.25, -0.2) is 0 Å². The Bertz CT molecular complexity index is 1180. The number of nitro groups is 1. The number of nitrogens with one attached hydrogen (secondary N) is 3. The number of anilines is 1. The molecule has 1 aromatic heterocycles. The molecule has 1 aliphatic rings. The molecule has 1 unspecified atom stereocenters. The van der Waals surface area contributed by atoms with Gasteiger partial charge in [0.1, 0.15) is 5.82 Å². The summed E-state index contributed by atoms with van der Waals surface area (Å²) in [4.78, 5) is 28.9. The Labute approximate surface area is 158 Å². The van der Waals surface area contributed by atoms with Gasteiger partial charge in [0, 0.05) is 23.7 Å². The van der Waals surface area contributed by atoms with Crippen molar-refractivity contribution in [3.05, 3.63) is 103 Å². The average molecular weight is 378 g/mol. The minimum atomic E-state index is -0.466. The quantitative estimate of drug-likeness (QED) is 0.364. The van der Waals surface area contributed by atoms with Crippen molar-refractivity contribution in [1.29, 1.82) is 0 Å². The summed E-state index contributed by atoms with van der Waals surface area (Å²) in [5.41, 5.74) is 2.44. The molecule has 27 heavy (non-hydrogen) atoms. The van der Waals surface area contributed by atoms with Crippen LogP contribution in [-0.4, -0.2) is 14.9 Å². The van der Waals surface area contributed by atoms with Crippen molar-refractivity contribution in [1.82, 2.24) is 9.97 Å². The molecule has 0 saturated heterocycles. The molecular formula is C19H14N4O3S. The summed E-state index contributed by atoms with van der Waals surface area (Å²) in [6, 6.07) is 15.9. The Morgan fingerprint density at radius 1 is 1.04 bits per heavy atom. The first-order chi connectivity index (χ1) is 13.0. The highest BCUT2D eigenvalue weighted by Gasteiger charge is 2.27. The molecule has 0 saturated carbocycles. The Hall–Kier alpha value is -3.52. The Balaban J connectivity index is 1.94. The van der Waals surface area contributed by atoms with Gasteiger partial charge in [0.05, 0.1) is 10.5 Å². The van der Waals surface area contributed by atoms with E-state index >= 15 is 0 Å². The van der Waals surface area contributed by atoms with Gasteiger partial charge in [-0.15, -0.1) is 0 Å². The number of H-pyrrole nitrogens is 2. The van der Waals surface area contributed by atoms with Crippen LogP contribution in [0.1, 0.15) is 22.6 Å². The van der Waals surface area contributed by atoms with E-state index in [-0.39, 0.29) is 16.0 Å². The number of hydrogen-bond donors (Lipinski definition) is 3. The van der Waals surface area contributed by atoms with Gasteiger partial charge in [-0.2, -0.15) is 0 Å². The first-order valence-corrected chi connectivity index (χ1v) is 8.59. The number of hydrogen-bond acceptors (Lipinski definition) is 5. The normalized spacial score (nSPS) is 15.4. The lowest BCUT2D eigenvalue weighted by Gasteiger charge is -2.25. The lowest BCUT2D eigenvalue weighted by atomic mass is 9.88. The second-order valence-corrected chi connectivity index (χ2v) is 6.51. The van der Waals surface area contributed by atoms with Crippen LogP contribution in [0.3, 0.4) is 0 Å². The van der Waals surface area contributed by atoms with Crippen LogP contribution < -0.4 is 10.9 Å². The van der Waals surface area contributed by atoms with Crippen molar-refractivity contribution in [2.24, 2.45) is 0 Å². The maximum absolute atomic E-state index is 12.6. The number of nitro benzene ring substituents is 1. The van der Waals surface area contributed by atoms with Crippen LogP contribution in [0, 0.1) is 14.9 Å². The second-order valence-electron chi connectivity index (χ2n) is 6.10. The van der Waals surface area contributed by atoms with Gasteiger partial charge in [0.25, 0.3) is 11.2 Å². The molecular weight excluding hydrogens is 364 g/mol. The zero-order valence-electron chi connectivity index (χ0n) is 13.9. The summed E-state index contributed by atoms with van der Waals surface area (Å²) in [7, 11) is 0. The third-order valence-corrected chi connectivity index (χ3v) is 4.61. The van der Waals surface area contributed by atoms with E-state index in [4.69, 9.17) is 12.2 Å². The van der Waals surface area contributed by atoms with Crippen molar-refractivity contribution in [2.75, 3.05) is 5.32 Å². The Morgan fingerprint density at radius 3 is 2.56 bits per heavy atom. The summed E-state index contributed by atoms with van der Waals surface area (Å²) in [5, 5.41) is 14.4. The molecule has 7 nitrogen and oxygen atoms in total. The highest BCUT2D eigenvalue weighted by molar-refractivity contribution is 7.71. The van der Waals surface area contributed by atoms with Gasteiger partial charge >= 0.3 is 0 Å². The van der Waals surface area contributed by atoms with Gasteiger partial charge in [-0.1, -0.05) is 42.5 Å². The highest BCUT2D eigenvalue weighted by atomic mass is 32.1. The van der Waals surface area contributed by atoms with E-state index in [0.29, 0.717) is 16.9 Å². The lowest BCUT2D eigenvalue weighted by molar-refractivity contribution is -0.384. The van der Waals surface area contributed by atoms with Gasteiger partial charge < -0.3 is 10.3 Å². The summed E-state index contributed by atoms with van der Waals surface area (Å²) >= 11 is 5.09. The lowest BCUT2D eigenvalue weighted by Crippen LogP contribution is -2.24. The van der Waals surface area contributed by atoms with Crippen molar-refractivity contribution < 1.29 is 4.92 Å². The van der Waals surface area contributed by atoms with Crippen LogP contribution in [0.2, 0.25) is 0 Å².